The lowest BCUT2D eigenvalue weighted by Crippen LogP contribution is -2.42. The van der Waals surface area contributed by atoms with Crippen LogP contribution in [0.2, 0.25) is 0 Å². The number of allylic oxidation sites excluding steroid dienone is 5. The van der Waals surface area contributed by atoms with Crippen molar-refractivity contribution in [2.75, 3.05) is 0 Å². The van der Waals surface area contributed by atoms with E-state index in [9.17, 15) is 0 Å². The Morgan fingerprint density at radius 2 is 1.28 bits per heavy atom. The molecular weight excluding hydrogens is 558 g/mol. The van der Waals surface area contributed by atoms with E-state index in [0.717, 1.165) is 29.2 Å². The Balaban J connectivity index is 1.29. The van der Waals surface area contributed by atoms with E-state index in [1.54, 1.807) is 0 Å². The van der Waals surface area contributed by atoms with Crippen LogP contribution in [0.1, 0.15) is 59.2 Å². The smallest absolute Gasteiger partial charge is 0.131 e. The first kappa shape index (κ1) is 27.1. The van der Waals surface area contributed by atoms with E-state index in [-0.39, 0.29) is 11.3 Å². The van der Waals surface area contributed by atoms with Crippen LogP contribution in [-0.2, 0) is 16.4 Å². The zero-order chi connectivity index (χ0) is 30.9. The third kappa shape index (κ3) is 3.73. The maximum absolute atomic E-state index is 6.76. The van der Waals surface area contributed by atoms with E-state index < -0.39 is 11.0 Å². The van der Waals surface area contributed by atoms with Crippen LogP contribution >= 0.6 is 0 Å². The minimum atomic E-state index is -0.484. The van der Waals surface area contributed by atoms with Crippen LogP contribution < -0.4 is 4.74 Å². The predicted molar refractivity (Wildman–Crippen MR) is 188 cm³/mol. The number of nitrogens with zero attached hydrogens (tertiary/aromatic N) is 1. The Morgan fingerprint density at radius 1 is 0.630 bits per heavy atom. The third-order valence-electron chi connectivity index (χ3n) is 10.9. The van der Waals surface area contributed by atoms with Crippen LogP contribution in [0, 0.1) is 5.92 Å². The first-order chi connectivity index (χ1) is 22.5. The highest BCUT2D eigenvalue weighted by atomic mass is 16.5. The molecule has 0 radical (unpaired) electrons. The molecule has 1 spiro atoms. The second-order valence-corrected chi connectivity index (χ2v) is 13.5. The van der Waals surface area contributed by atoms with Gasteiger partial charge in [0, 0.05) is 28.9 Å². The molecule has 4 unspecified atom stereocenters. The molecule has 2 aliphatic heterocycles. The van der Waals surface area contributed by atoms with Crippen LogP contribution in [0.3, 0.4) is 0 Å². The number of ether oxygens (including phenoxy) is 1. The summed E-state index contributed by atoms with van der Waals surface area (Å²) < 4.78 is 6.76. The number of rotatable bonds is 3. The van der Waals surface area contributed by atoms with Crippen molar-refractivity contribution in [1.82, 2.24) is 0 Å². The molecule has 0 fully saturated rings. The average molecular weight is 594 g/mol. The van der Waals surface area contributed by atoms with Crippen molar-refractivity contribution in [3.8, 4) is 11.5 Å². The van der Waals surface area contributed by atoms with Crippen LogP contribution in [0.25, 0.3) is 5.57 Å². The van der Waals surface area contributed by atoms with E-state index in [4.69, 9.17) is 9.73 Å². The summed E-state index contributed by atoms with van der Waals surface area (Å²) in [5.74, 6) is 2.05. The molecule has 9 rings (SSSR count). The molecule has 0 saturated carbocycles. The summed E-state index contributed by atoms with van der Waals surface area (Å²) >= 11 is 0. The van der Waals surface area contributed by atoms with Crippen molar-refractivity contribution >= 4 is 11.3 Å². The Kier molecular flexibility index (Phi) is 5.84. The molecule has 4 atom stereocenters. The van der Waals surface area contributed by atoms with E-state index in [1.807, 2.05) is 0 Å². The van der Waals surface area contributed by atoms with Crippen molar-refractivity contribution in [3.05, 3.63) is 197 Å². The molecular formula is C44H35NO. The summed E-state index contributed by atoms with van der Waals surface area (Å²) in [7, 11) is 0. The molecule has 0 aromatic heterocycles. The molecule has 0 saturated heterocycles. The van der Waals surface area contributed by atoms with Crippen molar-refractivity contribution in [2.24, 2.45) is 10.9 Å². The fourth-order valence-electron chi connectivity index (χ4n) is 8.77. The van der Waals surface area contributed by atoms with Gasteiger partial charge in [-0.05, 0) is 64.6 Å². The van der Waals surface area contributed by atoms with Gasteiger partial charge in [-0.3, -0.25) is 4.99 Å². The summed E-state index contributed by atoms with van der Waals surface area (Å²) in [4.78, 5) is 5.55. The molecule has 4 aliphatic rings. The van der Waals surface area contributed by atoms with Gasteiger partial charge in [0.2, 0.25) is 0 Å². The van der Waals surface area contributed by atoms with Crippen molar-refractivity contribution < 1.29 is 4.74 Å². The summed E-state index contributed by atoms with van der Waals surface area (Å²) in [5.41, 5.74) is 10.0. The van der Waals surface area contributed by atoms with Gasteiger partial charge in [0.15, 0.2) is 0 Å². The molecule has 5 aromatic carbocycles. The topological polar surface area (TPSA) is 21.6 Å². The van der Waals surface area contributed by atoms with Gasteiger partial charge in [0.1, 0.15) is 11.5 Å². The molecule has 0 bridgehead atoms. The maximum atomic E-state index is 6.76. The summed E-state index contributed by atoms with van der Waals surface area (Å²) in [6.45, 7) is 4.70. The molecule has 46 heavy (non-hydrogen) atoms. The minimum Gasteiger partial charge on any atom is -0.457 e. The van der Waals surface area contributed by atoms with Gasteiger partial charge in [0.05, 0.1) is 16.7 Å². The van der Waals surface area contributed by atoms with Gasteiger partial charge in [-0.1, -0.05) is 140 Å². The van der Waals surface area contributed by atoms with Crippen molar-refractivity contribution in [3.63, 3.8) is 0 Å². The fraction of sp³-hybridized carbons (Fsp3) is 0.159. The van der Waals surface area contributed by atoms with Crippen LogP contribution in [0.15, 0.2) is 163 Å². The molecule has 2 heterocycles. The second-order valence-electron chi connectivity index (χ2n) is 13.5. The number of hydrogen-bond donors (Lipinski definition) is 0. The van der Waals surface area contributed by atoms with Gasteiger partial charge in [0.25, 0.3) is 0 Å². The number of fused-ring (bicyclic) bond motifs is 9. The zero-order valence-electron chi connectivity index (χ0n) is 26.2. The molecule has 0 amide bonds. The third-order valence-corrected chi connectivity index (χ3v) is 10.9. The highest BCUT2D eigenvalue weighted by Gasteiger charge is 2.61. The Labute approximate surface area is 271 Å². The van der Waals surface area contributed by atoms with Gasteiger partial charge in [-0.25, -0.2) is 0 Å². The lowest BCUT2D eigenvalue weighted by atomic mass is 9.58. The number of dihydropyridines is 1. The highest BCUT2D eigenvalue weighted by molar-refractivity contribution is 6.13. The van der Waals surface area contributed by atoms with Crippen LogP contribution in [0.5, 0.6) is 11.5 Å². The number of hydrogen-bond acceptors (Lipinski definition) is 2. The number of para-hydroxylation sites is 1. The zero-order valence-corrected chi connectivity index (χ0v) is 26.2. The standard InChI is InChI=1S/C44H35NO/c1-42-26-14-13-23-41(42)44(35-20-10-9-19-34(35)42)36-21-11-12-22-39(36)46-40-25-24-33(28-37(40)44)43(2)29-32(30-15-5-3-6-16-30)27-38(45-43)31-17-7-4-8-18-31/h3-28,41H,29H2,1-2H3. The average Bonchev–Trinajstić information content (AvgIpc) is 3.34. The van der Waals surface area contributed by atoms with Crippen molar-refractivity contribution in [2.45, 2.75) is 36.6 Å². The van der Waals surface area contributed by atoms with E-state index in [2.05, 4.69) is 172 Å². The predicted octanol–water partition coefficient (Wildman–Crippen LogP) is 10.3. The fourth-order valence-corrected chi connectivity index (χ4v) is 8.77. The summed E-state index contributed by atoms with van der Waals surface area (Å²) in [6.07, 6.45) is 12.4. The quantitative estimate of drug-likeness (QED) is 0.204. The first-order valence-electron chi connectivity index (χ1n) is 16.3. The molecule has 2 aliphatic carbocycles. The molecule has 2 nitrogen and oxygen atoms in total. The van der Waals surface area contributed by atoms with Crippen LogP contribution in [0.4, 0.5) is 0 Å². The van der Waals surface area contributed by atoms with Gasteiger partial charge >= 0.3 is 0 Å². The normalized spacial score (nSPS) is 26.7. The SMILES string of the molecule is CC1(c2ccc3c(c2)C2(c4ccccc4O3)c3ccccc3C3(C)C=CC=CC32)CC(c2ccccc2)=CC(c2ccccc2)=N1. The van der Waals surface area contributed by atoms with Gasteiger partial charge in [-0.2, -0.15) is 0 Å². The second kappa shape index (κ2) is 9.89. The Hall–Kier alpha value is -5.21. The summed E-state index contributed by atoms with van der Waals surface area (Å²) in [6, 6.07) is 46.0. The highest BCUT2D eigenvalue weighted by Crippen LogP contribution is 2.66. The Bertz CT molecular complexity index is 2140. The van der Waals surface area contributed by atoms with E-state index in [1.165, 1.54) is 39.0 Å². The summed E-state index contributed by atoms with van der Waals surface area (Å²) in [5, 5.41) is 0. The molecule has 222 valence electrons. The molecule has 0 N–H and O–H groups in total. The van der Waals surface area contributed by atoms with Crippen LogP contribution in [-0.4, -0.2) is 5.71 Å². The van der Waals surface area contributed by atoms with Crippen molar-refractivity contribution in [1.29, 1.82) is 0 Å². The lowest BCUT2D eigenvalue weighted by Gasteiger charge is -2.45. The Morgan fingerprint density at radius 3 is 2.07 bits per heavy atom. The largest absolute Gasteiger partial charge is 0.457 e. The van der Waals surface area contributed by atoms with E-state index in [0.29, 0.717) is 0 Å². The first-order valence-corrected chi connectivity index (χ1v) is 16.3. The molecule has 5 aromatic rings. The van der Waals surface area contributed by atoms with Gasteiger partial charge in [-0.15, -0.1) is 0 Å². The number of benzene rings is 5. The monoisotopic (exact) mass is 593 g/mol. The van der Waals surface area contributed by atoms with E-state index >= 15 is 0 Å². The maximum Gasteiger partial charge on any atom is 0.131 e. The molecule has 2 heteroatoms. The number of aliphatic imine (C=N–C) groups is 1. The van der Waals surface area contributed by atoms with Gasteiger partial charge < -0.3 is 4.74 Å². The minimum absolute atomic E-state index is 0.153. The lowest BCUT2D eigenvalue weighted by molar-refractivity contribution is 0.328.